The molecule has 8 nitrogen and oxygen atoms in total. The Balaban J connectivity index is 0.000000339. The Bertz CT molecular complexity index is 863. The van der Waals surface area contributed by atoms with Gasteiger partial charge in [0.15, 0.2) is 0 Å². The number of likely N-dealkylation sites (tertiary alicyclic amines) is 1. The summed E-state index contributed by atoms with van der Waals surface area (Å²) < 4.78 is 38.0. The molecule has 2 aliphatic heterocycles. The summed E-state index contributed by atoms with van der Waals surface area (Å²) in [5.41, 5.74) is 1.06. The van der Waals surface area contributed by atoms with Crippen molar-refractivity contribution < 1.29 is 27.8 Å². The van der Waals surface area contributed by atoms with E-state index in [9.17, 15) is 13.2 Å². The van der Waals surface area contributed by atoms with Gasteiger partial charge in [0.2, 0.25) is 5.95 Å². The van der Waals surface area contributed by atoms with Gasteiger partial charge < -0.3 is 14.7 Å². The summed E-state index contributed by atoms with van der Waals surface area (Å²) in [7, 11) is 0. The highest BCUT2D eigenvalue weighted by Crippen LogP contribution is 2.31. The van der Waals surface area contributed by atoms with Crippen molar-refractivity contribution in [3.05, 3.63) is 34.5 Å². The number of morpholine rings is 1. The molecule has 2 saturated heterocycles. The monoisotopic (exact) mass is 459 g/mol. The summed E-state index contributed by atoms with van der Waals surface area (Å²) in [6.07, 6.45) is 0.792. The van der Waals surface area contributed by atoms with Crippen molar-refractivity contribution in [3.8, 4) is 0 Å². The van der Waals surface area contributed by atoms with Crippen molar-refractivity contribution in [1.29, 1.82) is 0 Å². The van der Waals surface area contributed by atoms with Crippen LogP contribution in [0.1, 0.15) is 23.5 Å². The van der Waals surface area contributed by atoms with Crippen LogP contribution in [0.25, 0.3) is 0 Å². The zero-order valence-corrected chi connectivity index (χ0v) is 17.8. The van der Waals surface area contributed by atoms with Gasteiger partial charge in [-0.05, 0) is 32.4 Å². The van der Waals surface area contributed by atoms with Crippen molar-refractivity contribution in [3.63, 3.8) is 0 Å². The van der Waals surface area contributed by atoms with E-state index in [0.29, 0.717) is 0 Å². The summed E-state index contributed by atoms with van der Waals surface area (Å²) in [4.78, 5) is 27.1. The third-order valence-electron chi connectivity index (χ3n) is 5.00. The maximum atomic E-state index is 10.6. The van der Waals surface area contributed by atoms with E-state index in [1.165, 1.54) is 5.69 Å². The molecule has 4 heterocycles. The van der Waals surface area contributed by atoms with Gasteiger partial charge in [-0.1, -0.05) is 0 Å². The molecule has 1 atom stereocenters. The van der Waals surface area contributed by atoms with E-state index in [0.717, 1.165) is 63.1 Å². The summed E-state index contributed by atoms with van der Waals surface area (Å²) >= 11 is 1.72. The normalized spacial score (nSPS) is 22.1. The molecule has 0 bridgehead atoms. The van der Waals surface area contributed by atoms with Crippen LogP contribution < -0.4 is 4.90 Å². The lowest BCUT2D eigenvalue weighted by Crippen LogP contribution is -2.60. The summed E-state index contributed by atoms with van der Waals surface area (Å²) in [5, 5.41) is 10.4. The molecule has 1 N–H and O–H groups in total. The third kappa shape index (κ3) is 6.58. The van der Waals surface area contributed by atoms with Gasteiger partial charge in [0.1, 0.15) is 0 Å². The number of carboxylic acid groups (broad SMARTS) is 1. The van der Waals surface area contributed by atoms with Crippen molar-refractivity contribution in [2.24, 2.45) is 0 Å². The van der Waals surface area contributed by atoms with Crippen molar-refractivity contribution in [2.45, 2.75) is 38.1 Å². The van der Waals surface area contributed by atoms with Gasteiger partial charge in [-0.2, -0.15) is 13.2 Å². The van der Waals surface area contributed by atoms with Crippen LogP contribution in [0.15, 0.2) is 23.8 Å². The number of aromatic nitrogens is 3. The zero-order chi connectivity index (χ0) is 22.5. The lowest BCUT2D eigenvalue weighted by atomic mass is 9.90. The number of aliphatic carboxylic acids is 1. The Morgan fingerprint density at radius 1 is 1.29 bits per heavy atom. The van der Waals surface area contributed by atoms with Crippen molar-refractivity contribution in [2.75, 3.05) is 37.7 Å². The number of nitrogens with zero attached hydrogens (tertiary/aromatic N) is 5. The van der Waals surface area contributed by atoms with E-state index >= 15 is 0 Å². The first-order valence-corrected chi connectivity index (χ1v) is 10.6. The number of ether oxygens (including phenoxy) is 1. The molecular weight excluding hydrogens is 435 g/mol. The molecule has 4 rings (SSSR count). The molecular formula is C19H24F3N5O3S. The summed E-state index contributed by atoms with van der Waals surface area (Å²) in [6.45, 7) is 7.50. The van der Waals surface area contributed by atoms with Gasteiger partial charge in [0.05, 0.1) is 29.5 Å². The molecule has 0 saturated carbocycles. The number of rotatable bonds is 3. The minimum absolute atomic E-state index is 0.110. The molecule has 1 spiro atoms. The molecule has 170 valence electrons. The smallest absolute Gasteiger partial charge is 0.475 e. The number of alkyl halides is 3. The van der Waals surface area contributed by atoms with Crippen LogP contribution in [-0.2, 0) is 16.1 Å². The van der Waals surface area contributed by atoms with Crippen LogP contribution in [0.5, 0.6) is 0 Å². The van der Waals surface area contributed by atoms with Crippen LogP contribution in [0.2, 0.25) is 0 Å². The SMILES string of the molecule is Cc1nc(CN2CCCC3(C2)CN(c2ncccn2)CCO3)cs1.O=C(O)C(F)(F)F. The third-order valence-corrected chi connectivity index (χ3v) is 5.82. The predicted octanol–water partition coefficient (Wildman–Crippen LogP) is 2.75. The highest BCUT2D eigenvalue weighted by molar-refractivity contribution is 7.09. The number of halogens is 3. The van der Waals surface area contributed by atoms with Gasteiger partial charge >= 0.3 is 12.1 Å². The molecule has 0 radical (unpaired) electrons. The molecule has 0 amide bonds. The Kier molecular flexibility index (Phi) is 7.44. The van der Waals surface area contributed by atoms with Crippen LogP contribution in [-0.4, -0.2) is 75.5 Å². The average molecular weight is 459 g/mol. The number of anilines is 1. The number of thiazole rings is 1. The van der Waals surface area contributed by atoms with E-state index in [4.69, 9.17) is 14.6 Å². The van der Waals surface area contributed by atoms with Crippen LogP contribution >= 0.6 is 11.3 Å². The largest absolute Gasteiger partial charge is 0.490 e. The molecule has 2 aliphatic rings. The maximum Gasteiger partial charge on any atom is 0.490 e. The van der Waals surface area contributed by atoms with Crippen molar-refractivity contribution >= 4 is 23.3 Å². The standard InChI is InChI=1S/C17H23N5OS.C2HF3O2/c1-14-20-15(11-24-14)10-21-7-2-4-17(12-21)13-22(8-9-23-17)16-18-5-3-6-19-16;3-2(4,5)1(6)7/h3,5-6,11H,2,4,7-10,12-13H2,1H3;(H,6,7). The fourth-order valence-electron chi connectivity index (χ4n) is 3.75. The summed E-state index contributed by atoms with van der Waals surface area (Å²) in [5.74, 6) is -1.94. The fourth-order valence-corrected chi connectivity index (χ4v) is 4.36. The minimum Gasteiger partial charge on any atom is -0.475 e. The van der Waals surface area contributed by atoms with E-state index in [1.807, 2.05) is 18.5 Å². The Hall–Kier alpha value is -2.31. The van der Waals surface area contributed by atoms with Gasteiger partial charge in [-0.3, -0.25) is 4.90 Å². The van der Waals surface area contributed by atoms with Gasteiger partial charge in [0.25, 0.3) is 0 Å². The Morgan fingerprint density at radius 2 is 2.00 bits per heavy atom. The van der Waals surface area contributed by atoms with E-state index in [2.05, 4.69) is 37.1 Å². The first-order chi connectivity index (χ1) is 14.7. The average Bonchev–Trinajstić information content (AvgIpc) is 3.13. The van der Waals surface area contributed by atoms with Crippen LogP contribution in [0, 0.1) is 6.92 Å². The van der Waals surface area contributed by atoms with E-state index in [1.54, 1.807) is 11.3 Å². The number of hydrogen-bond acceptors (Lipinski definition) is 8. The molecule has 2 aromatic heterocycles. The molecule has 1 unspecified atom stereocenters. The minimum atomic E-state index is -5.08. The predicted molar refractivity (Wildman–Crippen MR) is 108 cm³/mol. The Labute approximate surface area is 181 Å². The van der Waals surface area contributed by atoms with E-state index < -0.39 is 12.1 Å². The maximum absolute atomic E-state index is 10.6. The second-order valence-corrected chi connectivity index (χ2v) is 8.54. The van der Waals surface area contributed by atoms with Crippen molar-refractivity contribution in [1.82, 2.24) is 19.9 Å². The van der Waals surface area contributed by atoms with E-state index in [-0.39, 0.29) is 5.60 Å². The molecule has 2 fully saturated rings. The number of carbonyl (C=O) groups is 1. The van der Waals surface area contributed by atoms with Crippen LogP contribution in [0.4, 0.5) is 19.1 Å². The number of carboxylic acids is 1. The van der Waals surface area contributed by atoms with Gasteiger partial charge in [-0.15, -0.1) is 11.3 Å². The van der Waals surface area contributed by atoms with Crippen LogP contribution in [0.3, 0.4) is 0 Å². The molecule has 12 heteroatoms. The first kappa shape index (κ1) is 23.4. The fraction of sp³-hybridized carbons (Fsp3) is 0.579. The second-order valence-electron chi connectivity index (χ2n) is 7.48. The lowest BCUT2D eigenvalue weighted by molar-refractivity contribution is -0.192. The number of piperidine rings is 1. The quantitative estimate of drug-likeness (QED) is 0.749. The highest BCUT2D eigenvalue weighted by atomic mass is 32.1. The van der Waals surface area contributed by atoms with Gasteiger partial charge in [0, 0.05) is 37.4 Å². The zero-order valence-electron chi connectivity index (χ0n) is 17.0. The molecule has 0 aliphatic carbocycles. The molecule has 0 aromatic carbocycles. The number of hydrogen-bond donors (Lipinski definition) is 1. The molecule has 31 heavy (non-hydrogen) atoms. The topological polar surface area (TPSA) is 91.7 Å². The molecule has 2 aromatic rings. The first-order valence-electron chi connectivity index (χ1n) is 9.76. The highest BCUT2D eigenvalue weighted by Gasteiger charge is 2.41. The van der Waals surface area contributed by atoms with Gasteiger partial charge in [-0.25, -0.2) is 19.7 Å². The summed E-state index contributed by atoms with van der Waals surface area (Å²) in [6, 6.07) is 1.86. The second kappa shape index (κ2) is 9.88. The Morgan fingerprint density at radius 3 is 2.61 bits per heavy atom. The lowest BCUT2D eigenvalue weighted by Gasteiger charge is -2.48. The number of aryl methyl sites for hydroxylation is 1.